The molecule has 0 saturated carbocycles. The average Bonchev–Trinajstić information content (AvgIpc) is 2.29. The standard InChI is InChI=1S/C12H22N4O/c1-5-7-16(9(3)4)11-10(13)12(17-6-2)15-8-14-11/h8-9H,5-7,13H2,1-4H3. The molecule has 0 aromatic carbocycles. The maximum Gasteiger partial charge on any atom is 0.242 e. The molecule has 5 nitrogen and oxygen atoms in total. The van der Waals surface area contributed by atoms with Crippen molar-refractivity contribution in [3.8, 4) is 5.88 Å². The molecule has 1 aromatic heterocycles. The van der Waals surface area contributed by atoms with Crippen LogP contribution in [0.2, 0.25) is 0 Å². The molecule has 0 aliphatic heterocycles. The van der Waals surface area contributed by atoms with Crippen molar-refractivity contribution in [2.75, 3.05) is 23.8 Å². The van der Waals surface area contributed by atoms with Gasteiger partial charge in [-0.1, -0.05) is 6.92 Å². The van der Waals surface area contributed by atoms with Crippen molar-refractivity contribution >= 4 is 11.5 Å². The van der Waals surface area contributed by atoms with Crippen LogP contribution in [0, 0.1) is 0 Å². The number of nitrogen functional groups attached to an aromatic ring is 1. The number of anilines is 2. The molecule has 0 radical (unpaired) electrons. The first-order valence-electron chi connectivity index (χ1n) is 6.11. The van der Waals surface area contributed by atoms with E-state index in [2.05, 4.69) is 35.6 Å². The summed E-state index contributed by atoms with van der Waals surface area (Å²) in [6.45, 7) is 9.76. The van der Waals surface area contributed by atoms with Gasteiger partial charge in [0.2, 0.25) is 5.88 Å². The van der Waals surface area contributed by atoms with Gasteiger partial charge in [0.05, 0.1) is 6.61 Å². The summed E-state index contributed by atoms with van der Waals surface area (Å²) < 4.78 is 5.38. The normalized spacial score (nSPS) is 10.6. The minimum atomic E-state index is 0.349. The molecule has 0 atom stereocenters. The van der Waals surface area contributed by atoms with Crippen LogP contribution in [0.1, 0.15) is 34.1 Å². The van der Waals surface area contributed by atoms with Crippen LogP contribution in [-0.4, -0.2) is 29.2 Å². The molecule has 0 amide bonds. The molecule has 0 unspecified atom stereocenters. The van der Waals surface area contributed by atoms with Crippen LogP contribution in [0.3, 0.4) is 0 Å². The van der Waals surface area contributed by atoms with Crippen molar-refractivity contribution in [1.29, 1.82) is 0 Å². The number of hydrogen-bond donors (Lipinski definition) is 1. The van der Waals surface area contributed by atoms with E-state index in [1.165, 1.54) is 6.33 Å². The second-order valence-corrected chi connectivity index (χ2v) is 4.14. The van der Waals surface area contributed by atoms with Crippen LogP contribution in [0.5, 0.6) is 5.88 Å². The van der Waals surface area contributed by atoms with E-state index in [9.17, 15) is 0 Å². The van der Waals surface area contributed by atoms with Crippen molar-refractivity contribution in [3.05, 3.63) is 6.33 Å². The fourth-order valence-electron chi connectivity index (χ4n) is 1.70. The van der Waals surface area contributed by atoms with E-state index in [4.69, 9.17) is 10.5 Å². The highest BCUT2D eigenvalue weighted by atomic mass is 16.5. The van der Waals surface area contributed by atoms with Gasteiger partial charge in [-0.2, -0.15) is 4.98 Å². The van der Waals surface area contributed by atoms with Crippen molar-refractivity contribution in [3.63, 3.8) is 0 Å². The topological polar surface area (TPSA) is 64.3 Å². The first-order valence-corrected chi connectivity index (χ1v) is 6.11. The summed E-state index contributed by atoms with van der Waals surface area (Å²) in [5.74, 6) is 1.24. The predicted octanol–water partition coefficient (Wildman–Crippen LogP) is 2.08. The molecule has 96 valence electrons. The third-order valence-electron chi connectivity index (χ3n) is 2.47. The van der Waals surface area contributed by atoms with Gasteiger partial charge in [0.1, 0.15) is 12.0 Å². The van der Waals surface area contributed by atoms with Crippen LogP contribution in [0.4, 0.5) is 11.5 Å². The van der Waals surface area contributed by atoms with E-state index in [1.807, 2.05) is 6.92 Å². The zero-order chi connectivity index (χ0) is 12.8. The number of hydrogen-bond acceptors (Lipinski definition) is 5. The first kappa shape index (κ1) is 13.5. The largest absolute Gasteiger partial charge is 0.476 e. The number of ether oxygens (including phenoxy) is 1. The van der Waals surface area contributed by atoms with E-state index in [1.54, 1.807) is 0 Å². The van der Waals surface area contributed by atoms with Gasteiger partial charge < -0.3 is 15.4 Å². The Hall–Kier alpha value is -1.52. The highest BCUT2D eigenvalue weighted by Gasteiger charge is 2.17. The molecule has 0 spiro atoms. The fourth-order valence-corrected chi connectivity index (χ4v) is 1.70. The molecular weight excluding hydrogens is 216 g/mol. The Kier molecular flexibility index (Phi) is 5.00. The van der Waals surface area contributed by atoms with Crippen LogP contribution in [0.25, 0.3) is 0 Å². The lowest BCUT2D eigenvalue weighted by atomic mass is 10.2. The molecule has 0 aliphatic carbocycles. The maximum absolute atomic E-state index is 6.05. The Labute approximate surface area is 103 Å². The fraction of sp³-hybridized carbons (Fsp3) is 0.667. The smallest absolute Gasteiger partial charge is 0.242 e. The van der Waals surface area contributed by atoms with Gasteiger partial charge in [-0.15, -0.1) is 0 Å². The second-order valence-electron chi connectivity index (χ2n) is 4.14. The van der Waals surface area contributed by atoms with Gasteiger partial charge in [-0.25, -0.2) is 4.98 Å². The van der Waals surface area contributed by atoms with Gasteiger partial charge in [-0.3, -0.25) is 0 Å². The molecule has 0 fully saturated rings. The summed E-state index contributed by atoms with van der Waals surface area (Å²) in [6.07, 6.45) is 2.55. The lowest BCUT2D eigenvalue weighted by Gasteiger charge is -2.28. The molecule has 0 bridgehead atoms. The van der Waals surface area contributed by atoms with Gasteiger partial charge >= 0.3 is 0 Å². The van der Waals surface area contributed by atoms with E-state index in [0.29, 0.717) is 24.2 Å². The summed E-state index contributed by atoms with van der Waals surface area (Å²) in [6, 6.07) is 0.349. The zero-order valence-corrected chi connectivity index (χ0v) is 11.1. The molecule has 0 aliphatic rings. The van der Waals surface area contributed by atoms with E-state index in [-0.39, 0.29) is 0 Å². The van der Waals surface area contributed by atoms with Crippen molar-refractivity contribution in [2.24, 2.45) is 0 Å². The molecule has 17 heavy (non-hydrogen) atoms. The van der Waals surface area contributed by atoms with E-state index in [0.717, 1.165) is 18.8 Å². The molecule has 1 heterocycles. The van der Waals surface area contributed by atoms with Gasteiger partial charge in [-0.05, 0) is 27.2 Å². The second kappa shape index (κ2) is 6.27. The minimum Gasteiger partial charge on any atom is -0.476 e. The summed E-state index contributed by atoms with van der Waals surface area (Å²) in [5, 5.41) is 0. The SMILES string of the molecule is CCCN(c1ncnc(OCC)c1N)C(C)C. The Bertz CT molecular complexity index is 354. The number of aromatic nitrogens is 2. The highest BCUT2D eigenvalue weighted by Crippen LogP contribution is 2.29. The van der Waals surface area contributed by atoms with Crippen molar-refractivity contribution in [2.45, 2.75) is 40.2 Å². The Morgan fingerprint density at radius 3 is 2.59 bits per heavy atom. The summed E-state index contributed by atoms with van der Waals surface area (Å²) in [5.41, 5.74) is 6.57. The highest BCUT2D eigenvalue weighted by molar-refractivity contribution is 5.68. The van der Waals surface area contributed by atoms with Crippen molar-refractivity contribution in [1.82, 2.24) is 9.97 Å². The monoisotopic (exact) mass is 238 g/mol. The van der Waals surface area contributed by atoms with Gasteiger partial charge in [0, 0.05) is 12.6 Å². The molecule has 2 N–H and O–H groups in total. The Morgan fingerprint density at radius 2 is 2.06 bits per heavy atom. The molecule has 5 heteroatoms. The van der Waals surface area contributed by atoms with Gasteiger partial charge in [0.25, 0.3) is 0 Å². The van der Waals surface area contributed by atoms with E-state index < -0.39 is 0 Å². The quantitative estimate of drug-likeness (QED) is 0.822. The summed E-state index contributed by atoms with van der Waals surface area (Å²) >= 11 is 0. The minimum absolute atomic E-state index is 0.349. The molecule has 0 saturated heterocycles. The number of nitrogens with two attached hydrogens (primary N) is 1. The predicted molar refractivity (Wildman–Crippen MR) is 70.4 cm³/mol. The third-order valence-corrected chi connectivity index (χ3v) is 2.47. The lowest BCUT2D eigenvalue weighted by molar-refractivity contribution is 0.328. The number of rotatable bonds is 6. The maximum atomic E-state index is 6.05. The Morgan fingerprint density at radius 1 is 1.35 bits per heavy atom. The Balaban J connectivity index is 3.06. The molecule has 1 rings (SSSR count). The van der Waals surface area contributed by atoms with Crippen LogP contribution in [0.15, 0.2) is 6.33 Å². The summed E-state index contributed by atoms with van der Waals surface area (Å²) in [4.78, 5) is 10.5. The zero-order valence-electron chi connectivity index (χ0n) is 11.1. The first-order chi connectivity index (χ1) is 8.11. The lowest BCUT2D eigenvalue weighted by Crippen LogP contribution is -2.33. The summed E-state index contributed by atoms with van der Waals surface area (Å²) in [7, 11) is 0. The van der Waals surface area contributed by atoms with E-state index >= 15 is 0 Å². The van der Waals surface area contributed by atoms with Crippen LogP contribution < -0.4 is 15.4 Å². The molecule has 1 aromatic rings. The van der Waals surface area contributed by atoms with Crippen LogP contribution >= 0.6 is 0 Å². The average molecular weight is 238 g/mol. The molecular formula is C12H22N4O. The van der Waals surface area contributed by atoms with Crippen molar-refractivity contribution < 1.29 is 4.74 Å². The third kappa shape index (κ3) is 3.22. The van der Waals surface area contributed by atoms with Crippen LogP contribution in [-0.2, 0) is 0 Å². The van der Waals surface area contributed by atoms with Gasteiger partial charge in [0.15, 0.2) is 5.82 Å². The number of nitrogens with zero attached hydrogens (tertiary/aromatic N) is 3.